The number of nitrogens with zero attached hydrogens (tertiary/aromatic N) is 4. The minimum absolute atomic E-state index is 0.623. The Balaban J connectivity index is 0.000000140. The van der Waals surface area contributed by atoms with Crippen molar-refractivity contribution in [3.8, 4) is 0 Å². The van der Waals surface area contributed by atoms with Crippen molar-refractivity contribution in [3.05, 3.63) is 23.5 Å². The number of hydrogen-bond donors (Lipinski definition) is 0. The second kappa shape index (κ2) is 4.50. The van der Waals surface area contributed by atoms with Crippen LogP contribution in [-0.2, 0) is 0 Å². The van der Waals surface area contributed by atoms with E-state index in [-0.39, 0.29) is 0 Å². The average Bonchev–Trinajstić information content (AvgIpc) is 2.63. The molecule has 2 aromatic rings. The zero-order chi connectivity index (χ0) is 10.6. The van der Waals surface area contributed by atoms with Crippen molar-refractivity contribution in [2.24, 2.45) is 0 Å². The van der Waals surface area contributed by atoms with Gasteiger partial charge in [0.1, 0.15) is 0 Å². The van der Waals surface area contributed by atoms with E-state index in [0.29, 0.717) is 23.5 Å². The van der Waals surface area contributed by atoms with E-state index in [4.69, 9.17) is 4.42 Å². The Labute approximate surface area is 81.3 Å². The predicted octanol–water partition coefficient (Wildman–Crippen LogP) is 1.37. The zero-order valence-electron chi connectivity index (χ0n) is 8.61. The Morgan fingerprint density at radius 1 is 0.857 bits per heavy atom. The van der Waals surface area contributed by atoms with E-state index in [1.165, 1.54) is 0 Å². The van der Waals surface area contributed by atoms with Gasteiger partial charge in [-0.3, -0.25) is 0 Å². The van der Waals surface area contributed by atoms with Crippen LogP contribution in [0.15, 0.2) is 8.94 Å². The molecule has 0 saturated carbocycles. The van der Waals surface area contributed by atoms with E-state index < -0.39 is 0 Å². The first-order valence-electron chi connectivity index (χ1n) is 4.11. The van der Waals surface area contributed by atoms with E-state index in [9.17, 15) is 0 Å². The highest BCUT2D eigenvalue weighted by Crippen LogP contribution is 1.92. The van der Waals surface area contributed by atoms with Crippen LogP contribution in [-0.4, -0.2) is 20.3 Å². The largest absolute Gasteiger partial charge is 0.426 e. The molecule has 76 valence electrons. The van der Waals surface area contributed by atoms with Crippen LogP contribution in [0.4, 0.5) is 0 Å². The molecule has 0 aliphatic carbocycles. The third kappa shape index (κ3) is 3.34. The standard InChI is InChI=1S/2C4H6N2O/c1-3-5-6-4(2)7-3;1-3-5-4(2)7-6-3/h2*1-2H3. The molecule has 0 aliphatic heterocycles. The molecule has 6 nitrogen and oxygen atoms in total. The quantitative estimate of drug-likeness (QED) is 0.633. The summed E-state index contributed by atoms with van der Waals surface area (Å²) in [6, 6.07) is 0. The first-order chi connectivity index (χ1) is 6.58. The number of rotatable bonds is 0. The van der Waals surface area contributed by atoms with Gasteiger partial charge < -0.3 is 8.94 Å². The van der Waals surface area contributed by atoms with Gasteiger partial charge in [0, 0.05) is 20.8 Å². The van der Waals surface area contributed by atoms with Crippen LogP contribution in [0.3, 0.4) is 0 Å². The van der Waals surface area contributed by atoms with E-state index in [1.807, 2.05) is 0 Å². The molecule has 2 rings (SSSR count). The van der Waals surface area contributed by atoms with Crippen LogP contribution >= 0.6 is 0 Å². The third-order valence-electron chi connectivity index (χ3n) is 1.26. The fourth-order valence-corrected chi connectivity index (χ4v) is 0.796. The van der Waals surface area contributed by atoms with Gasteiger partial charge in [0.25, 0.3) is 0 Å². The molecular weight excluding hydrogens is 184 g/mol. The molecule has 0 saturated heterocycles. The second-order valence-corrected chi connectivity index (χ2v) is 2.70. The fourth-order valence-electron chi connectivity index (χ4n) is 0.796. The molecule has 0 aliphatic rings. The number of aryl methyl sites for hydroxylation is 4. The fraction of sp³-hybridized carbons (Fsp3) is 0.500. The predicted molar refractivity (Wildman–Crippen MR) is 47.5 cm³/mol. The second-order valence-electron chi connectivity index (χ2n) is 2.70. The normalized spacial score (nSPS) is 9.43. The van der Waals surface area contributed by atoms with Crippen molar-refractivity contribution in [2.75, 3.05) is 0 Å². The zero-order valence-corrected chi connectivity index (χ0v) is 8.61. The van der Waals surface area contributed by atoms with Gasteiger partial charge in [-0.25, -0.2) is 0 Å². The molecule has 0 spiro atoms. The van der Waals surface area contributed by atoms with Gasteiger partial charge in [0.05, 0.1) is 0 Å². The van der Waals surface area contributed by atoms with Gasteiger partial charge >= 0.3 is 0 Å². The molecule has 2 heterocycles. The van der Waals surface area contributed by atoms with Crippen LogP contribution in [0.2, 0.25) is 0 Å². The topological polar surface area (TPSA) is 77.8 Å². The van der Waals surface area contributed by atoms with Crippen molar-refractivity contribution in [1.29, 1.82) is 0 Å². The van der Waals surface area contributed by atoms with Gasteiger partial charge in [0.2, 0.25) is 17.7 Å². The first kappa shape index (κ1) is 10.4. The maximum absolute atomic E-state index is 4.86. The van der Waals surface area contributed by atoms with Crippen LogP contribution in [0, 0.1) is 27.7 Å². The lowest BCUT2D eigenvalue weighted by atomic mass is 10.7. The maximum Gasteiger partial charge on any atom is 0.223 e. The Kier molecular flexibility index (Phi) is 3.33. The van der Waals surface area contributed by atoms with Crippen LogP contribution in [0.1, 0.15) is 23.5 Å². The van der Waals surface area contributed by atoms with Crippen LogP contribution < -0.4 is 0 Å². The molecular formula is C8H12N4O2. The lowest BCUT2D eigenvalue weighted by Gasteiger charge is -1.70. The summed E-state index contributed by atoms with van der Waals surface area (Å²) in [5.74, 6) is 2.56. The van der Waals surface area contributed by atoms with E-state index >= 15 is 0 Å². The Hall–Kier alpha value is -1.72. The van der Waals surface area contributed by atoms with Crippen molar-refractivity contribution in [1.82, 2.24) is 20.3 Å². The summed E-state index contributed by atoms with van der Waals surface area (Å²) >= 11 is 0. The summed E-state index contributed by atoms with van der Waals surface area (Å²) in [6.07, 6.45) is 0. The van der Waals surface area contributed by atoms with E-state index in [2.05, 4.69) is 24.9 Å². The molecule has 2 aromatic heterocycles. The summed E-state index contributed by atoms with van der Waals surface area (Å²) in [5, 5.41) is 10.7. The van der Waals surface area contributed by atoms with Crippen molar-refractivity contribution in [2.45, 2.75) is 27.7 Å². The van der Waals surface area contributed by atoms with E-state index in [1.54, 1.807) is 27.7 Å². The van der Waals surface area contributed by atoms with Gasteiger partial charge in [-0.05, 0) is 6.92 Å². The molecule has 0 aromatic carbocycles. The minimum Gasteiger partial charge on any atom is -0.426 e. The Bertz CT molecular complexity index is 322. The average molecular weight is 196 g/mol. The van der Waals surface area contributed by atoms with Gasteiger partial charge in [-0.15, -0.1) is 10.2 Å². The summed E-state index contributed by atoms with van der Waals surface area (Å²) in [4.78, 5) is 3.83. The molecule has 14 heavy (non-hydrogen) atoms. The molecule has 0 unspecified atom stereocenters. The Morgan fingerprint density at radius 2 is 1.43 bits per heavy atom. The number of aromatic nitrogens is 4. The molecule has 0 atom stereocenters. The molecule has 0 fully saturated rings. The summed E-state index contributed by atoms with van der Waals surface area (Å²) in [6.45, 7) is 7.08. The summed E-state index contributed by atoms with van der Waals surface area (Å²) in [7, 11) is 0. The lowest BCUT2D eigenvalue weighted by molar-refractivity contribution is 0.389. The minimum atomic E-state index is 0.623. The molecule has 6 heteroatoms. The maximum atomic E-state index is 4.86. The Morgan fingerprint density at radius 3 is 1.57 bits per heavy atom. The molecule has 0 N–H and O–H groups in total. The summed E-state index contributed by atoms with van der Waals surface area (Å²) < 4.78 is 9.46. The van der Waals surface area contributed by atoms with Gasteiger partial charge in [-0.1, -0.05) is 5.16 Å². The highest BCUT2D eigenvalue weighted by Gasteiger charge is 1.90. The van der Waals surface area contributed by atoms with Crippen LogP contribution in [0.5, 0.6) is 0 Å². The SMILES string of the molecule is Cc1nnc(C)o1.Cc1noc(C)n1. The lowest BCUT2D eigenvalue weighted by Crippen LogP contribution is -1.70. The van der Waals surface area contributed by atoms with Crippen molar-refractivity contribution >= 4 is 0 Å². The van der Waals surface area contributed by atoms with Gasteiger partial charge in [0.15, 0.2) is 5.82 Å². The van der Waals surface area contributed by atoms with Crippen molar-refractivity contribution < 1.29 is 8.94 Å². The summed E-state index contributed by atoms with van der Waals surface area (Å²) in [5.41, 5.74) is 0. The van der Waals surface area contributed by atoms with E-state index in [0.717, 1.165) is 0 Å². The van der Waals surface area contributed by atoms with Crippen molar-refractivity contribution in [3.63, 3.8) is 0 Å². The number of hydrogen-bond acceptors (Lipinski definition) is 6. The molecule has 0 amide bonds. The highest BCUT2D eigenvalue weighted by atomic mass is 16.5. The highest BCUT2D eigenvalue weighted by molar-refractivity contribution is 4.77. The van der Waals surface area contributed by atoms with Crippen LogP contribution in [0.25, 0.3) is 0 Å². The molecule has 0 bridgehead atoms. The monoisotopic (exact) mass is 196 g/mol. The molecule has 0 radical (unpaired) electrons. The smallest absolute Gasteiger partial charge is 0.223 e. The third-order valence-corrected chi connectivity index (χ3v) is 1.26. The van der Waals surface area contributed by atoms with Gasteiger partial charge in [-0.2, -0.15) is 4.98 Å². The first-order valence-corrected chi connectivity index (χ1v) is 4.11.